The molecular formula is C13H21NO. The van der Waals surface area contributed by atoms with Crippen molar-refractivity contribution in [1.29, 1.82) is 0 Å². The Morgan fingerprint density at radius 3 is 2.67 bits per heavy atom. The van der Waals surface area contributed by atoms with Crippen LogP contribution in [0, 0.1) is 0 Å². The lowest BCUT2D eigenvalue weighted by Gasteiger charge is -2.11. The van der Waals surface area contributed by atoms with Gasteiger partial charge in [-0.2, -0.15) is 0 Å². The Balaban J connectivity index is 2.11. The van der Waals surface area contributed by atoms with Crippen molar-refractivity contribution < 1.29 is 5.11 Å². The number of rotatable bonds is 7. The zero-order valence-corrected chi connectivity index (χ0v) is 9.45. The molecule has 1 aromatic carbocycles. The highest BCUT2D eigenvalue weighted by Crippen LogP contribution is 2.00. The third kappa shape index (κ3) is 5.55. The first-order valence-corrected chi connectivity index (χ1v) is 5.75. The van der Waals surface area contributed by atoms with Crippen LogP contribution in [0.25, 0.3) is 0 Å². The molecule has 0 radical (unpaired) electrons. The van der Waals surface area contributed by atoms with Crippen molar-refractivity contribution in [1.82, 2.24) is 5.32 Å². The molecule has 0 aliphatic rings. The quantitative estimate of drug-likeness (QED) is 0.719. The molecule has 2 heteroatoms. The molecule has 1 aromatic rings. The minimum Gasteiger partial charge on any atom is -0.392 e. The highest BCUT2D eigenvalue weighted by Gasteiger charge is 2.01. The van der Waals surface area contributed by atoms with Crippen LogP contribution in [0.3, 0.4) is 0 Å². The molecule has 0 fully saturated rings. The minimum atomic E-state index is -0.200. The summed E-state index contributed by atoms with van der Waals surface area (Å²) in [6.07, 6.45) is 2.95. The van der Waals surface area contributed by atoms with Crippen molar-refractivity contribution in [3.63, 3.8) is 0 Å². The number of aliphatic hydroxyl groups is 1. The Labute approximate surface area is 92.3 Å². The van der Waals surface area contributed by atoms with Crippen LogP contribution in [0.1, 0.15) is 31.7 Å². The van der Waals surface area contributed by atoms with E-state index in [9.17, 15) is 5.11 Å². The molecule has 0 spiro atoms. The summed E-state index contributed by atoms with van der Waals surface area (Å²) in [6.45, 7) is 3.67. The normalized spacial score (nSPS) is 12.7. The molecule has 0 amide bonds. The SMILES string of the molecule is CCCC[C@@H](O)CNCc1ccccc1. The van der Waals surface area contributed by atoms with E-state index in [-0.39, 0.29) is 6.10 Å². The summed E-state index contributed by atoms with van der Waals surface area (Å²) < 4.78 is 0. The predicted molar refractivity (Wildman–Crippen MR) is 63.7 cm³/mol. The fraction of sp³-hybridized carbons (Fsp3) is 0.538. The van der Waals surface area contributed by atoms with Crippen molar-refractivity contribution >= 4 is 0 Å². The van der Waals surface area contributed by atoms with Gasteiger partial charge in [-0.3, -0.25) is 0 Å². The molecule has 1 atom stereocenters. The van der Waals surface area contributed by atoms with E-state index in [0.29, 0.717) is 6.54 Å². The molecule has 0 saturated heterocycles. The minimum absolute atomic E-state index is 0.200. The topological polar surface area (TPSA) is 32.3 Å². The molecule has 15 heavy (non-hydrogen) atoms. The summed E-state index contributed by atoms with van der Waals surface area (Å²) in [5, 5.41) is 12.9. The van der Waals surface area contributed by atoms with Gasteiger partial charge >= 0.3 is 0 Å². The summed E-state index contributed by atoms with van der Waals surface area (Å²) >= 11 is 0. The summed E-state index contributed by atoms with van der Waals surface area (Å²) in [5.41, 5.74) is 1.26. The van der Waals surface area contributed by atoms with Gasteiger partial charge in [-0.1, -0.05) is 50.1 Å². The maximum Gasteiger partial charge on any atom is 0.0664 e. The lowest BCUT2D eigenvalue weighted by molar-refractivity contribution is 0.158. The smallest absolute Gasteiger partial charge is 0.0664 e. The van der Waals surface area contributed by atoms with E-state index < -0.39 is 0 Å². The first kappa shape index (κ1) is 12.2. The van der Waals surface area contributed by atoms with Crippen molar-refractivity contribution in [3.05, 3.63) is 35.9 Å². The predicted octanol–water partition coefficient (Wildman–Crippen LogP) is 2.33. The molecule has 0 aliphatic heterocycles. The van der Waals surface area contributed by atoms with E-state index in [1.165, 1.54) is 5.56 Å². The van der Waals surface area contributed by atoms with Crippen LogP contribution >= 0.6 is 0 Å². The molecule has 0 heterocycles. The van der Waals surface area contributed by atoms with E-state index in [1.54, 1.807) is 0 Å². The average Bonchev–Trinajstić information content (AvgIpc) is 2.28. The van der Waals surface area contributed by atoms with Crippen molar-refractivity contribution in [2.45, 2.75) is 38.8 Å². The molecule has 0 bridgehead atoms. The number of aliphatic hydroxyl groups excluding tert-OH is 1. The Morgan fingerprint density at radius 2 is 2.00 bits per heavy atom. The molecule has 2 N–H and O–H groups in total. The Bertz CT molecular complexity index is 248. The highest BCUT2D eigenvalue weighted by molar-refractivity contribution is 5.14. The second-order valence-electron chi connectivity index (χ2n) is 3.91. The van der Waals surface area contributed by atoms with Gasteiger partial charge in [0.05, 0.1) is 6.10 Å². The number of nitrogens with one attached hydrogen (secondary N) is 1. The van der Waals surface area contributed by atoms with E-state index in [4.69, 9.17) is 0 Å². The van der Waals surface area contributed by atoms with Gasteiger partial charge in [-0.25, -0.2) is 0 Å². The van der Waals surface area contributed by atoms with Gasteiger partial charge < -0.3 is 10.4 Å². The van der Waals surface area contributed by atoms with Gasteiger partial charge in [0.1, 0.15) is 0 Å². The Hall–Kier alpha value is -0.860. The van der Waals surface area contributed by atoms with Crippen molar-refractivity contribution in [2.75, 3.05) is 6.54 Å². The lowest BCUT2D eigenvalue weighted by Crippen LogP contribution is -2.26. The third-order valence-electron chi connectivity index (χ3n) is 2.44. The van der Waals surface area contributed by atoms with Crippen LogP contribution in [-0.2, 0) is 6.54 Å². The van der Waals surface area contributed by atoms with Crippen LogP contribution < -0.4 is 5.32 Å². The summed E-state index contributed by atoms with van der Waals surface area (Å²) in [6, 6.07) is 10.3. The molecule has 0 aliphatic carbocycles. The standard InChI is InChI=1S/C13H21NO/c1-2-3-9-13(15)11-14-10-12-7-5-4-6-8-12/h4-8,13-15H,2-3,9-11H2,1H3/t13-/m1/s1. The summed E-state index contributed by atoms with van der Waals surface area (Å²) in [5.74, 6) is 0. The largest absolute Gasteiger partial charge is 0.392 e. The molecule has 84 valence electrons. The monoisotopic (exact) mass is 207 g/mol. The molecule has 0 aromatic heterocycles. The second kappa shape index (κ2) is 7.43. The number of benzene rings is 1. The first-order valence-electron chi connectivity index (χ1n) is 5.75. The molecule has 2 nitrogen and oxygen atoms in total. The van der Waals surface area contributed by atoms with Gasteiger partial charge in [-0.15, -0.1) is 0 Å². The fourth-order valence-electron chi connectivity index (χ4n) is 1.52. The van der Waals surface area contributed by atoms with Crippen LogP contribution in [-0.4, -0.2) is 17.8 Å². The van der Waals surface area contributed by atoms with E-state index >= 15 is 0 Å². The van der Waals surface area contributed by atoms with Crippen LogP contribution in [0.5, 0.6) is 0 Å². The van der Waals surface area contributed by atoms with E-state index in [1.807, 2.05) is 18.2 Å². The van der Waals surface area contributed by atoms with Crippen LogP contribution in [0.4, 0.5) is 0 Å². The Kier molecular flexibility index (Phi) is 6.05. The lowest BCUT2D eigenvalue weighted by atomic mass is 10.1. The number of hydrogen-bond donors (Lipinski definition) is 2. The van der Waals surface area contributed by atoms with Gasteiger partial charge in [0.2, 0.25) is 0 Å². The first-order chi connectivity index (χ1) is 7.33. The molecule has 0 unspecified atom stereocenters. The number of unbranched alkanes of at least 4 members (excludes halogenated alkanes) is 1. The fourth-order valence-corrected chi connectivity index (χ4v) is 1.52. The molecular weight excluding hydrogens is 186 g/mol. The summed E-state index contributed by atoms with van der Waals surface area (Å²) in [4.78, 5) is 0. The van der Waals surface area contributed by atoms with E-state index in [2.05, 4.69) is 24.4 Å². The molecule has 0 saturated carbocycles. The zero-order valence-electron chi connectivity index (χ0n) is 9.45. The second-order valence-corrected chi connectivity index (χ2v) is 3.91. The maximum absolute atomic E-state index is 9.60. The Morgan fingerprint density at radius 1 is 1.27 bits per heavy atom. The van der Waals surface area contributed by atoms with Gasteiger partial charge in [0.25, 0.3) is 0 Å². The number of hydrogen-bond acceptors (Lipinski definition) is 2. The van der Waals surface area contributed by atoms with Gasteiger partial charge in [-0.05, 0) is 12.0 Å². The van der Waals surface area contributed by atoms with Crippen molar-refractivity contribution in [2.24, 2.45) is 0 Å². The van der Waals surface area contributed by atoms with Gasteiger partial charge in [0, 0.05) is 13.1 Å². The van der Waals surface area contributed by atoms with E-state index in [0.717, 1.165) is 25.8 Å². The van der Waals surface area contributed by atoms with Crippen LogP contribution in [0.2, 0.25) is 0 Å². The molecule has 1 rings (SSSR count). The maximum atomic E-state index is 9.60. The van der Waals surface area contributed by atoms with Crippen molar-refractivity contribution in [3.8, 4) is 0 Å². The highest BCUT2D eigenvalue weighted by atomic mass is 16.3. The zero-order chi connectivity index (χ0) is 10.9. The average molecular weight is 207 g/mol. The van der Waals surface area contributed by atoms with Gasteiger partial charge in [0.15, 0.2) is 0 Å². The third-order valence-corrected chi connectivity index (χ3v) is 2.44. The van der Waals surface area contributed by atoms with Crippen LogP contribution in [0.15, 0.2) is 30.3 Å². The summed E-state index contributed by atoms with van der Waals surface area (Å²) in [7, 11) is 0.